The van der Waals surface area contributed by atoms with Crippen molar-refractivity contribution >= 4 is 11.8 Å². The molecule has 2 aliphatic carbocycles. The van der Waals surface area contributed by atoms with Gasteiger partial charge in [0.25, 0.3) is 0 Å². The number of nitrogens with zero attached hydrogens (tertiary/aromatic N) is 3. The van der Waals surface area contributed by atoms with Gasteiger partial charge in [-0.3, -0.25) is 0 Å². The molecule has 0 bridgehead atoms. The molecule has 4 rings (SSSR count). The lowest BCUT2D eigenvalue weighted by Gasteiger charge is -2.13. The van der Waals surface area contributed by atoms with Gasteiger partial charge in [0, 0.05) is 17.7 Å². The fourth-order valence-electron chi connectivity index (χ4n) is 2.73. The van der Waals surface area contributed by atoms with Crippen molar-refractivity contribution in [1.29, 1.82) is 0 Å². The number of aryl methyl sites for hydroxylation is 1. The highest BCUT2D eigenvalue weighted by Gasteiger charge is 2.36. The highest BCUT2D eigenvalue weighted by Crippen LogP contribution is 2.46. The Hall–Kier alpha value is -1.53. The van der Waals surface area contributed by atoms with Gasteiger partial charge in [-0.1, -0.05) is 29.5 Å². The zero-order valence-corrected chi connectivity index (χ0v) is 14.7. The van der Waals surface area contributed by atoms with Crippen molar-refractivity contribution in [2.24, 2.45) is 0 Å². The van der Waals surface area contributed by atoms with E-state index in [-0.39, 0.29) is 0 Å². The molecule has 2 saturated carbocycles. The van der Waals surface area contributed by atoms with E-state index in [1.165, 1.54) is 31.2 Å². The zero-order chi connectivity index (χ0) is 16.5. The lowest BCUT2D eigenvalue weighted by atomic mass is 10.2. The van der Waals surface area contributed by atoms with Crippen LogP contribution in [0.25, 0.3) is 0 Å². The Morgan fingerprint density at radius 3 is 2.62 bits per heavy atom. The van der Waals surface area contributed by atoms with Crippen LogP contribution in [-0.2, 0) is 0 Å². The quantitative estimate of drug-likeness (QED) is 0.744. The van der Waals surface area contributed by atoms with Gasteiger partial charge in [0.2, 0.25) is 0 Å². The van der Waals surface area contributed by atoms with Crippen LogP contribution < -0.4 is 4.74 Å². The lowest BCUT2D eigenvalue weighted by Crippen LogP contribution is -2.20. The number of hydrogen-bond acceptors (Lipinski definition) is 5. The largest absolute Gasteiger partial charge is 0.491 e. The molecule has 1 atom stereocenters. The van der Waals surface area contributed by atoms with Crippen molar-refractivity contribution < 1.29 is 9.84 Å². The van der Waals surface area contributed by atoms with E-state index in [2.05, 4.69) is 14.8 Å². The van der Waals surface area contributed by atoms with Crippen molar-refractivity contribution in [2.45, 2.75) is 55.8 Å². The number of benzene rings is 1. The van der Waals surface area contributed by atoms with Crippen LogP contribution in [0.4, 0.5) is 0 Å². The Morgan fingerprint density at radius 2 is 1.96 bits per heavy atom. The molecule has 5 nitrogen and oxygen atoms in total. The van der Waals surface area contributed by atoms with Crippen molar-refractivity contribution in [2.75, 3.05) is 12.4 Å². The molecule has 0 amide bonds. The molecule has 128 valence electrons. The van der Waals surface area contributed by atoms with E-state index in [0.29, 0.717) is 24.3 Å². The van der Waals surface area contributed by atoms with Crippen LogP contribution in [0, 0.1) is 6.92 Å². The average Bonchev–Trinajstić information content (AvgIpc) is 3.51. The van der Waals surface area contributed by atoms with E-state index in [4.69, 9.17) is 4.74 Å². The molecule has 6 heteroatoms. The van der Waals surface area contributed by atoms with Crippen LogP contribution in [0.15, 0.2) is 29.4 Å². The summed E-state index contributed by atoms with van der Waals surface area (Å²) in [5.74, 6) is 3.14. The molecule has 1 unspecified atom stereocenters. The van der Waals surface area contributed by atoms with Gasteiger partial charge < -0.3 is 14.4 Å². The van der Waals surface area contributed by atoms with Gasteiger partial charge in [0.05, 0.1) is 6.10 Å². The summed E-state index contributed by atoms with van der Waals surface area (Å²) < 4.78 is 7.96. The Labute approximate surface area is 146 Å². The Balaban J connectivity index is 1.31. The first kappa shape index (κ1) is 16.0. The van der Waals surface area contributed by atoms with E-state index in [1.54, 1.807) is 11.8 Å². The molecule has 1 N–H and O–H groups in total. The predicted molar refractivity (Wildman–Crippen MR) is 93.7 cm³/mol. The van der Waals surface area contributed by atoms with Crippen LogP contribution in [0.2, 0.25) is 0 Å². The smallest absolute Gasteiger partial charge is 0.191 e. The topological polar surface area (TPSA) is 60.2 Å². The second kappa shape index (κ2) is 6.76. The van der Waals surface area contributed by atoms with Crippen LogP contribution in [0.3, 0.4) is 0 Å². The van der Waals surface area contributed by atoms with Gasteiger partial charge in [0.1, 0.15) is 18.2 Å². The number of thioether (sulfide) groups is 1. The normalized spacial score (nSPS) is 18.6. The first-order chi connectivity index (χ1) is 11.7. The Bertz CT molecular complexity index is 693. The van der Waals surface area contributed by atoms with E-state index >= 15 is 0 Å². The van der Waals surface area contributed by atoms with Crippen molar-refractivity contribution in [3.05, 3.63) is 35.7 Å². The van der Waals surface area contributed by atoms with Crippen LogP contribution in [0.5, 0.6) is 5.75 Å². The minimum atomic E-state index is -0.523. The molecule has 0 radical (unpaired) electrons. The highest BCUT2D eigenvalue weighted by atomic mass is 32.2. The van der Waals surface area contributed by atoms with E-state index in [0.717, 1.165) is 16.7 Å². The van der Waals surface area contributed by atoms with Crippen LogP contribution in [-0.4, -0.2) is 38.3 Å². The summed E-state index contributed by atoms with van der Waals surface area (Å²) in [6.45, 7) is 2.34. The monoisotopic (exact) mass is 345 g/mol. The number of hydrogen-bond donors (Lipinski definition) is 1. The number of rotatable bonds is 8. The lowest BCUT2D eigenvalue weighted by molar-refractivity contribution is 0.126. The van der Waals surface area contributed by atoms with Crippen LogP contribution in [0.1, 0.15) is 49.0 Å². The maximum atomic E-state index is 10.2. The number of aliphatic hydroxyl groups is 1. The second-order valence-corrected chi connectivity index (χ2v) is 7.79. The van der Waals surface area contributed by atoms with Crippen molar-refractivity contribution in [3.8, 4) is 5.75 Å². The first-order valence-electron chi connectivity index (χ1n) is 8.66. The molecule has 24 heavy (non-hydrogen) atoms. The fourth-order valence-corrected chi connectivity index (χ4v) is 3.65. The third-order valence-corrected chi connectivity index (χ3v) is 5.50. The third-order valence-electron chi connectivity index (χ3n) is 4.41. The third kappa shape index (κ3) is 3.75. The molecule has 1 heterocycles. The standard InChI is InChI=1S/C18H23N3O2S/c1-12-2-8-16(9-3-12)23-10-15(22)11-24-18-20-19-17(13-4-5-13)21(18)14-6-7-14/h2-3,8-9,13-15,22H,4-7,10-11H2,1H3. The van der Waals surface area contributed by atoms with Gasteiger partial charge in [-0.15, -0.1) is 10.2 Å². The number of aliphatic hydroxyl groups excluding tert-OH is 1. The molecule has 0 saturated heterocycles. The Morgan fingerprint density at radius 1 is 1.21 bits per heavy atom. The highest BCUT2D eigenvalue weighted by molar-refractivity contribution is 7.99. The van der Waals surface area contributed by atoms with Gasteiger partial charge in [-0.05, 0) is 44.7 Å². The zero-order valence-electron chi connectivity index (χ0n) is 13.9. The van der Waals surface area contributed by atoms with Crippen molar-refractivity contribution in [1.82, 2.24) is 14.8 Å². The molecule has 2 aliphatic rings. The summed E-state index contributed by atoms with van der Waals surface area (Å²) in [7, 11) is 0. The van der Waals surface area contributed by atoms with E-state index < -0.39 is 6.10 Å². The molecule has 1 aromatic carbocycles. The molecule has 1 aromatic heterocycles. The number of ether oxygens (including phenoxy) is 1. The summed E-state index contributed by atoms with van der Waals surface area (Å²) in [6.07, 6.45) is 4.41. The second-order valence-electron chi connectivity index (χ2n) is 6.81. The molecule has 2 fully saturated rings. The van der Waals surface area contributed by atoms with Gasteiger partial charge in [-0.25, -0.2) is 0 Å². The van der Waals surface area contributed by atoms with Gasteiger partial charge >= 0.3 is 0 Å². The first-order valence-corrected chi connectivity index (χ1v) is 9.64. The minimum Gasteiger partial charge on any atom is -0.491 e. The van der Waals surface area contributed by atoms with E-state index in [1.807, 2.05) is 31.2 Å². The molecule has 0 aliphatic heterocycles. The van der Waals surface area contributed by atoms with Crippen LogP contribution >= 0.6 is 11.8 Å². The molecular formula is C18H23N3O2S. The summed E-state index contributed by atoms with van der Waals surface area (Å²) in [5.41, 5.74) is 1.20. The Kier molecular flexibility index (Phi) is 4.50. The maximum absolute atomic E-state index is 10.2. The molecule has 2 aromatic rings. The van der Waals surface area contributed by atoms with Crippen molar-refractivity contribution in [3.63, 3.8) is 0 Å². The predicted octanol–water partition coefficient (Wildman–Crippen LogP) is 3.33. The van der Waals surface area contributed by atoms with E-state index in [9.17, 15) is 5.11 Å². The fraction of sp³-hybridized carbons (Fsp3) is 0.556. The summed E-state index contributed by atoms with van der Waals surface area (Å²) in [5, 5.41) is 19.9. The average molecular weight is 345 g/mol. The minimum absolute atomic E-state index is 0.295. The summed E-state index contributed by atoms with van der Waals surface area (Å²) in [4.78, 5) is 0. The SMILES string of the molecule is Cc1ccc(OCC(O)CSc2nnc(C3CC3)n2C2CC2)cc1. The summed E-state index contributed by atoms with van der Waals surface area (Å²) >= 11 is 1.59. The molecule has 0 spiro atoms. The maximum Gasteiger partial charge on any atom is 0.191 e. The van der Waals surface area contributed by atoms with Gasteiger partial charge in [-0.2, -0.15) is 0 Å². The number of aromatic nitrogens is 3. The molecular weight excluding hydrogens is 322 g/mol. The summed E-state index contributed by atoms with van der Waals surface area (Å²) in [6, 6.07) is 8.46. The van der Waals surface area contributed by atoms with Gasteiger partial charge in [0.15, 0.2) is 5.16 Å².